The van der Waals surface area contributed by atoms with Crippen LogP contribution < -0.4 is 5.32 Å². The fraction of sp³-hybridized carbons (Fsp3) is 0.500. The molecule has 3 N–H and O–H groups in total. The second-order valence-corrected chi connectivity index (χ2v) is 2.88. The molecule has 0 aliphatic carbocycles. The van der Waals surface area contributed by atoms with Crippen molar-refractivity contribution in [2.75, 3.05) is 6.54 Å². The number of H-pyrrole nitrogens is 1. The third-order valence-electron chi connectivity index (χ3n) is 2.09. The van der Waals surface area contributed by atoms with Crippen molar-refractivity contribution in [2.45, 2.75) is 19.6 Å². The monoisotopic (exact) mass is 152 g/mol. The Morgan fingerprint density at radius 1 is 1.55 bits per heavy atom. The van der Waals surface area contributed by atoms with Gasteiger partial charge in [0.1, 0.15) is 0 Å². The molecule has 3 nitrogen and oxygen atoms in total. The minimum Gasteiger partial charge on any atom is -0.390 e. The lowest BCUT2D eigenvalue weighted by Crippen LogP contribution is -2.22. The van der Waals surface area contributed by atoms with Gasteiger partial charge in [-0.05, 0) is 24.6 Å². The normalized spacial score (nSPS) is 16.5. The van der Waals surface area contributed by atoms with Crippen molar-refractivity contribution in [1.82, 2.24) is 10.3 Å². The first-order valence-electron chi connectivity index (χ1n) is 3.91. The van der Waals surface area contributed by atoms with Gasteiger partial charge in [-0.3, -0.25) is 0 Å². The average Bonchev–Trinajstić information content (AvgIpc) is 2.46. The minimum absolute atomic E-state index is 0.118. The lowest BCUT2D eigenvalue weighted by atomic mass is 10.1. The van der Waals surface area contributed by atoms with E-state index in [2.05, 4.69) is 16.4 Å². The second-order valence-electron chi connectivity index (χ2n) is 2.88. The van der Waals surface area contributed by atoms with Crippen LogP contribution in [0.3, 0.4) is 0 Å². The van der Waals surface area contributed by atoms with Crippen molar-refractivity contribution in [1.29, 1.82) is 0 Å². The Hall–Kier alpha value is -0.800. The molecule has 1 aromatic heterocycles. The topological polar surface area (TPSA) is 48.0 Å². The molecule has 1 aliphatic heterocycles. The van der Waals surface area contributed by atoms with Crippen molar-refractivity contribution in [2.24, 2.45) is 0 Å². The van der Waals surface area contributed by atoms with Crippen LogP contribution in [0.25, 0.3) is 0 Å². The van der Waals surface area contributed by atoms with Gasteiger partial charge in [0.25, 0.3) is 0 Å². The maximum atomic E-state index is 8.84. The Morgan fingerprint density at radius 3 is 3.18 bits per heavy atom. The van der Waals surface area contributed by atoms with E-state index in [0.29, 0.717) is 0 Å². The van der Waals surface area contributed by atoms with Crippen LogP contribution in [0.2, 0.25) is 0 Å². The van der Waals surface area contributed by atoms with Crippen LogP contribution in [0.5, 0.6) is 0 Å². The quantitative estimate of drug-likeness (QED) is 0.536. The summed E-state index contributed by atoms with van der Waals surface area (Å²) in [5.74, 6) is 0. The molecule has 0 spiro atoms. The van der Waals surface area contributed by atoms with Gasteiger partial charge in [0.15, 0.2) is 0 Å². The van der Waals surface area contributed by atoms with Gasteiger partial charge in [0.05, 0.1) is 6.61 Å². The summed E-state index contributed by atoms with van der Waals surface area (Å²) in [7, 11) is 0. The fourth-order valence-corrected chi connectivity index (χ4v) is 1.51. The predicted octanol–water partition coefficient (Wildman–Crippen LogP) is 0.153. The number of rotatable bonds is 1. The molecular formula is C8H12N2O. The van der Waals surface area contributed by atoms with Crippen LogP contribution in [-0.2, 0) is 19.6 Å². The zero-order valence-corrected chi connectivity index (χ0v) is 6.35. The number of aromatic nitrogens is 1. The van der Waals surface area contributed by atoms with E-state index >= 15 is 0 Å². The number of aliphatic hydroxyl groups is 1. The van der Waals surface area contributed by atoms with Gasteiger partial charge in [-0.25, -0.2) is 0 Å². The van der Waals surface area contributed by atoms with Crippen LogP contribution in [0.15, 0.2) is 6.07 Å². The summed E-state index contributed by atoms with van der Waals surface area (Å²) in [6, 6.07) is 2.05. The summed E-state index contributed by atoms with van der Waals surface area (Å²) in [5.41, 5.74) is 3.52. The molecule has 0 saturated carbocycles. The highest BCUT2D eigenvalue weighted by Gasteiger charge is 2.10. The molecule has 60 valence electrons. The van der Waals surface area contributed by atoms with E-state index in [1.54, 1.807) is 0 Å². The zero-order valence-electron chi connectivity index (χ0n) is 6.35. The minimum atomic E-state index is 0.118. The third-order valence-corrected chi connectivity index (χ3v) is 2.09. The molecule has 1 aliphatic rings. The summed E-state index contributed by atoms with van der Waals surface area (Å²) < 4.78 is 0. The van der Waals surface area contributed by atoms with Crippen LogP contribution in [0, 0.1) is 0 Å². The Balaban J connectivity index is 2.32. The number of hydrogen-bond donors (Lipinski definition) is 3. The Bertz CT molecular complexity index is 231. The number of aromatic amines is 1. The SMILES string of the molecule is OCc1cc2c([nH]1)CNCC2. The molecule has 1 aromatic rings. The summed E-state index contributed by atoms with van der Waals surface area (Å²) in [6.07, 6.45) is 1.08. The highest BCUT2D eigenvalue weighted by molar-refractivity contribution is 5.27. The standard InChI is InChI=1S/C8H12N2O/c11-5-7-3-6-1-2-9-4-8(6)10-7/h3,9-11H,1-2,4-5H2. The molecule has 0 fully saturated rings. The maximum absolute atomic E-state index is 8.84. The smallest absolute Gasteiger partial charge is 0.0830 e. The Labute approximate surface area is 65.4 Å². The van der Waals surface area contributed by atoms with Crippen LogP contribution in [0.1, 0.15) is 17.0 Å². The first-order valence-corrected chi connectivity index (χ1v) is 3.91. The van der Waals surface area contributed by atoms with E-state index in [0.717, 1.165) is 25.2 Å². The van der Waals surface area contributed by atoms with Gasteiger partial charge in [0, 0.05) is 17.9 Å². The van der Waals surface area contributed by atoms with Gasteiger partial charge in [0.2, 0.25) is 0 Å². The average molecular weight is 152 g/mol. The summed E-state index contributed by atoms with van der Waals surface area (Å²) in [5, 5.41) is 12.1. The molecule has 0 atom stereocenters. The molecule has 0 unspecified atom stereocenters. The molecular weight excluding hydrogens is 140 g/mol. The highest BCUT2D eigenvalue weighted by Crippen LogP contribution is 2.14. The largest absolute Gasteiger partial charge is 0.390 e. The number of hydrogen-bond acceptors (Lipinski definition) is 2. The van der Waals surface area contributed by atoms with E-state index in [9.17, 15) is 0 Å². The molecule has 2 rings (SSSR count). The van der Waals surface area contributed by atoms with Crippen molar-refractivity contribution >= 4 is 0 Å². The Morgan fingerprint density at radius 2 is 2.45 bits per heavy atom. The zero-order chi connectivity index (χ0) is 7.68. The van der Waals surface area contributed by atoms with E-state index in [4.69, 9.17) is 5.11 Å². The second kappa shape index (κ2) is 2.68. The van der Waals surface area contributed by atoms with Gasteiger partial charge >= 0.3 is 0 Å². The Kier molecular flexibility index (Phi) is 1.68. The van der Waals surface area contributed by atoms with Gasteiger partial charge in [-0.2, -0.15) is 0 Å². The van der Waals surface area contributed by atoms with Crippen LogP contribution in [-0.4, -0.2) is 16.6 Å². The first-order chi connectivity index (χ1) is 5.40. The molecule has 0 bridgehead atoms. The lowest BCUT2D eigenvalue weighted by molar-refractivity contribution is 0.277. The van der Waals surface area contributed by atoms with Gasteiger partial charge in [-0.1, -0.05) is 0 Å². The van der Waals surface area contributed by atoms with E-state index in [-0.39, 0.29) is 6.61 Å². The van der Waals surface area contributed by atoms with Gasteiger partial charge in [-0.15, -0.1) is 0 Å². The first kappa shape index (κ1) is 6.88. The lowest BCUT2D eigenvalue weighted by Gasteiger charge is -2.11. The summed E-state index contributed by atoms with van der Waals surface area (Å²) >= 11 is 0. The molecule has 0 radical (unpaired) electrons. The van der Waals surface area contributed by atoms with Crippen LogP contribution in [0.4, 0.5) is 0 Å². The van der Waals surface area contributed by atoms with Crippen molar-refractivity contribution in [3.63, 3.8) is 0 Å². The fourth-order valence-electron chi connectivity index (χ4n) is 1.51. The number of aliphatic hydroxyl groups excluding tert-OH is 1. The third kappa shape index (κ3) is 1.17. The maximum Gasteiger partial charge on any atom is 0.0830 e. The highest BCUT2D eigenvalue weighted by atomic mass is 16.3. The molecule has 2 heterocycles. The van der Waals surface area contributed by atoms with Crippen molar-refractivity contribution < 1.29 is 5.11 Å². The molecule has 3 heteroatoms. The molecule has 0 saturated heterocycles. The van der Waals surface area contributed by atoms with E-state index in [1.165, 1.54) is 11.3 Å². The molecule has 0 amide bonds. The number of nitrogens with one attached hydrogen (secondary N) is 2. The van der Waals surface area contributed by atoms with E-state index < -0.39 is 0 Å². The van der Waals surface area contributed by atoms with Gasteiger partial charge < -0.3 is 15.4 Å². The van der Waals surface area contributed by atoms with Crippen molar-refractivity contribution in [3.8, 4) is 0 Å². The summed E-state index contributed by atoms with van der Waals surface area (Å²) in [4.78, 5) is 3.17. The molecule has 0 aromatic carbocycles. The van der Waals surface area contributed by atoms with Crippen molar-refractivity contribution in [3.05, 3.63) is 23.0 Å². The summed E-state index contributed by atoms with van der Waals surface area (Å²) in [6.45, 7) is 2.08. The van der Waals surface area contributed by atoms with Crippen LogP contribution >= 0.6 is 0 Å². The predicted molar refractivity (Wildman–Crippen MR) is 42.1 cm³/mol. The van der Waals surface area contributed by atoms with E-state index in [1.807, 2.05) is 0 Å². The number of fused-ring (bicyclic) bond motifs is 1. The molecule has 11 heavy (non-hydrogen) atoms.